The Morgan fingerprint density at radius 3 is 2.24 bits per heavy atom. The summed E-state index contributed by atoms with van der Waals surface area (Å²) < 4.78 is 21.5. The molecule has 0 bridgehead atoms. The highest BCUT2D eigenvalue weighted by molar-refractivity contribution is 6.10. The number of hydrogen-bond acceptors (Lipinski definition) is 6. The molecule has 0 unspecified atom stereocenters. The van der Waals surface area contributed by atoms with Crippen LogP contribution in [0.1, 0.15) is 21.5 Å². The molecule has 33 heavy (non-hydrogen) atoms. The highest BCUT2D eigenvalue weighted by atomic mass is 16.5. The van der Waals surface area contributed by atoms with E-state index in [1.807, 2.05) is 24.3 Å². The van der Waals surface area contributed by atoms with Crippen LogP contribution in [0.2, 0.25) is 0 Å². The van der Waals surface area contributed by atoms with Crippen LogP contribution in [-0.4, -0.2) is 46.2 Å². The van der Waals surface area contributed by atoms with Gasteiger partial charge in [-0.1, -0.05) is 36.4 Å². The predicted octanol–water partition coefficient (Wildman–Crippen LogP) is 3.68. The monoisotopic (exact) mass is 449 g/mol. The molecule has 0 aliphatic heterocycles. The molecule has 3 aromatic rings. The Kier molecular flexibility index (Phi) is 8.30. The Balaban J connectivity index is 1.60. The van der Waals surface area contributed by atoms with Crippen molar-refractivity contribution in [2.45, 2.75) is 6.42 Å². The number of ketones is 1. The molecular formula is C26H27NO6. The van der Waals surface area contributed by atoms with Gasteiger partial charge in [0.15, 0.2) is 23.9 Å². The lowest BCUT2D eigenvalue weighted by atomic mass is 10.0. The highest BCUT2D eigenvalue weighted by Gasteiger charge is 2.17. The number of carbonyl (C=O) groups is 2. The first-order chi connectivity index (χ1) is 16.0. The smallest absolute Gasteiger partial charge is 0.257 e. The van der Waals surface area contributed by atoms with Gasteiger partial charge in [-0.05, 0) is 36.2 Å². The molecule has 0 atom stereocenters. The molecule has 0 aromatic heterocycles. The second-order valence-electron chi connectivity index (χ2n) is 7.14. The molecule has 0 saturated carbocycles. The first kappa shape index (κ1) is 23.7. The van der Waals surface area contributed by atoms with Crippen molar-refractivity contribution in [3.8, 4) is 23.0 Å². The minimum Gasteiger partial charge on any atom is -0.497 e. The molecule has 0 aliphatic rings. The van der Waals surface area contributed by atoms with E-state index in [9.17, 15) is 9.59 Å². The quantitative estimate of drug-likeness (QED) is 0.450. The van der Waals surface area contributed by atoms with Crippen molar-refractivity contribution in [1.82, 2.24) is 5.32 Å². The largest absolute Gasteiger partial charge is 0.497 e. The molecule has 0 aliphatic carbocycles. The van der Waals surface area contributed by atoms with Gasteiger partial charge in [0, 0.05) is 18.2 Å². The van der Waals surface area contributed by atoms with Gasteiger partial charge in [0.25, 0.3) is 5.91 Å². The van der Waals surface area contributed by atoms with E-state index in [-0.39, 0.29) is 18.3 Å². The molecule has 1 amide bonds. The van der Waals surface area contributed by atoms with E-state index in [1.165, 1.54) is 7.11 Å². The molecular weight excluding hydrogens is 422 g/mol. The van der Waals surface area contributed by atoms with Gasteiger partial charge in [0.1, 0.15) is 11.5 Å². The lowest BCUT2D eigenvalue weighted by Gasteiger charge is -2.13. The van der Waals surface area contributed by atoms with Crippen molar-refractivity contribution in [3.05, 3.63) is 83.4 Å². The van der Waals surface area contributed by atoms with Gasteiger partial charge in [-0.15, -0.1) is 0 Å². The molecule has 172 valence electrons. The highest BCUT2D eigenvalue weighted by Crippen LogP contribution is 2.28. The summed E-state index contributed by atoms with van der Waals surface area (Å²) in [5.41, 5.74) is 1.89. The van der Waals surface area contributed by atoms with E-state index in [4.69, 9.17) is 18.9 Å². The molecule has 3 aromatic carbocycles. The minimum atomic E-state index is -0.295. The van der Waals surface area contributed by atoms with Crippen molar-refractivity contribution in [1.29, 1.82) is 0 Å². The first-order valence-corrected chi connectivity index (χ1v) is 10.4. The Morgan fingerprint density at radius 2 is 1.55 bits per heavy atom. The maximum absolute atomic E-state index is 12.9. The van der Waals surface area contributed by atoms with Crippen molar-refractivity contribution in [2.24, 2.45) is 0 Å². The number of benzene rings is 3. The van der Waals surface area contributed by atoms with Crippen molar-refractivity contribution in [2.75, 3.05) is 34.5 Å². The maximum atomic E-state index is 12.9. The number of nitrogens with one attached hydrogen (secondary N) is 1. The maximum Gasteiger partial charge on any atom is 0.257 e. The topological polar surface area (TPSA) is 83.1 Å². The number of ether oxygens (including phenoxy) is 4. The summed E-state index contributed by atoms with van der Waals surface area (Å²) in [6, 6.07) is 19.4. The van der Waals surface area contributed by atoms with Gasteiger partial charge < -0.3 is 24.3 Å². The Labute approximate surface area is 193 Å². The van der Waals surface area contributed by atoms with E-state index in [1.54, 1.807) is 56.7 Å². The minimum absolute atomic E-state index is 0.192. The fourth-order valence-corrected chi connectivity index (χ4v) is 3.26. The first-order valence-electron chi connectivity index (χ1n) is 10.4. The number of rotatable bonds is 11. The van der Waals surface area contributed by atoms with Gasteiger partial charge >= 0.3 is 0 Å². The van der Waals surface area contributed by atoms with Crippen molar-refractivity contribution >= 4 is 11.7 Å². The summed E-state index contributed by atoms with van der Waals surface area (Å²) >= 11 is 0. The number of methoxy groups -OCH3 is 3. The Morgan fingerprint density at radius 1 is 0.788 bits per heavy atom. The van der Waals surface area contributed by atoms with Crippen LogP contribution in [-0.2, 0) is 11.2 Å². The van der Waals surface area contributed by atoms with Crippen LogP contribution >= 0.6 is 0 Å². The van der Waals surface area contributed by atoms with Gasteiger partial charge in [-0.25, -0.2) is 0 Å². The summed E-state index contributed by atoms with van der Waals surface area (Å²) in [5.74, 6) is 1.62. The lowest BCUT2D eigenvalue weighted by molar-refractivity contribution is -0.123. The molecule has 3 rings (SSSR count). The summed E-state index contributed by atoms with van der Waals surface area (Å²) in [4.78, 5) is 25.2. The number of carbonyl (C=O) groups excluding carboxylic acids is 2. The number of amides is 1. The second-order valence-corrected chi connectivity index (χ2v) is 7.14. The zero-order valence-corrected chi connectivity index (χ0v) is 18.9. The van der Waals surface area contributed by atoms with Gasteiger partial charge in [0.05, 0.1) is 26.9 Å². The van der Waals surface area contributed by atoms with Crippen LogP contribution in [0.3, 0.4) is 0 Å². The van der Waals surface area contributed by atoms with Gasteiger partial charge in [-0.3, -0.25) is 9.59 Å². The Hall–Kier alpha value is -4.00. The fourth-order valence-electron chi connectivity index (χ4n) is 3.26. The van der Waals surface area contributed by atoms with E-state index < -0.39 is 0 Å². The van der Waals surface area contributed by atoms with Crippen LogP contribution in [0.5, 0.6) is 23.0 Å². The predicted molar refractivity (Wildman–Crippen MR) is 125 cm³/mol. The van der Waals surface area contributed by atoms with E-state index in [0.29, 0.717) is 47.1 Å². The van der Waals surface area contributed by atoms with Crippen LogP contribution in [0.25, 0.3) is 0 Å². The van der Waals surface area contributed by atoms with Crippen LogP contribution in [0, 0.1) is 0 Å². The fraction of sp³-hybridized carbons (Fsp3) is 0.231. The van der Waals surface area contributed by atoms with Crippen LogP contribution in [0.4, 0.5) is 0 Å². The molecule has 0 radical (unpaired) electrons. The summed E-state index contributed by atoms with van der Waals surface area (Å²) in [6.45, 7) is 0.194. The second kappa shape index (κ2) is 11.6. The normalized spacial score (nSPS) is 10.3. The molecule has 1 N–H and O–H groups in total. The molecule has 7 nitrogen and oxygen atoms in total. The summed E-state index contributed by atoms with van der Waals surface area (Å²) in [6.07, 6.45) is 0.614. The van der Waals surface area contributed by atoms with Gasteiger partial charge in [0.2, 0.25) is 0 Å². The third kappa shape index (κ3) is 6.26. The molecule has 0 spiro atoms. The number of hydrogen-bond donors (Lipinski definition) is 1. The average molecular weight is 450 g/mol. The van der Waals surface area contributed by atoms with E-state index >= 15 is 0 Å². The third-order valence-electron chi connectivity index (χ3n) is 5.01. The molecule has 0 saturated heterocycles. The molecule has 0 heterocycles. The summed E-state index contributed by atoms with van der Waals surface area (Å²) in [7, 11) is 4.69. The zero-order chi connectivity index (χ0) is 23.6. The SMILES string of the molecule is COc1ccc(C(=O)c2ccccc2)c(OCC(=O)NCCc2ccc(OC)c(OC)c2)c1. The van der Waals surface area contributed by atoms with Crippen molar-refractivity contribution < 1.29 is 28.5 Å². The van der Waals surface area contributed by atoms with E-state index in [2.05, 4.69) is 5.32 Å². The van der Waals surface area contributed by atoms with Crippen LogP contribution in [0.15, 0.2) is 66.7 Å². The third-order valence-corrected chi connectivity index (χ3v) is 5.01. The van der Waals surface area contributed by atoms with Crippen LogP contribution < -0.4 is 24.3 Å². The molecule has 0 fully saturated rings. The standard InChI is InChI=1S/C26H27NO6/c1-30-20-10-11-21(26(29)19-7-5-4-6-8-19)23(16-20)33-17-25(28)27-14-13-18-9-12-22(31-2)24(15-18)32-3/h4-12,15-16H,13-14,17H2,1-3H3,(H,27,28). The molecule has 7 heteroatoms. The van der Waals surface area contributed by atoms with Gasteiger partial charge in [-0.2, -0.15) is 0 Å². The summed E-state index contributed by atoms with van der Waals surface area (Å²) in [5, 5.41) is 2.82. The Bertz CT molecular complexity index is 1100. The average Bonchev–Trinajstić information content (AvgIpc) is 2.87. The zero-order valence-electron chi connectivity index (χ0n) is 18.9. The lowest BCUT2D eigenvalue weighted by Crippen LogP contribution is -2.30. The van der Waals surface area contributed by atoms with Crippen molar-refractivity contribution in [3.63, 3.8) is 0 Å². The van der Waals surface area contributed by atoms with E-state index in [0.717, 1.165) is 5.56 Å².